The van der Waals surface area contributed by atoms with Crippen molar-refractivity contribution in [2.75, 3.05) is 13.2 Å². The fraction of sp³-hybridized carbons (Fsp3) is 0.839. The van der Waals surface area contributed by atoms with Crippen LogP contribution >= 0.6 is 0 Å². The van der Waals surface area contributed by atoms with E-state index in [1.54, 1.807) is 0 Å². The molecule has 4 rings (SSSR count). The van der Waals surface area contributed by atoms with E-state index in [0.29, 0.717) is 24.7 Å². The van der Waals surface area contributed by atoms with Crippen molar-refractivity contribution >= 4 is 29.7 Å². The van der Waals surface area contributed by atoms with Crippen LogP contribution in [-0.4, -0.2) is 54.1 Å². The van der Waals surface area contributed by atoms with Gasteiger partial charge in [0.2, 0.25) is 0 Å². The number of hydrogen-bond donors (Lipinski definition) is 1. The molecular weight excluding hydrogens is 516 g/mol. The Labute approximate surface area is 237 Å². The number of Topliss-reactive ketones (excluding diaryl/α,β-unsaturated/α-hetero) is 1. The minimum Gasteiger partial charge on any atom is -0.479 e. The Hall–Kier alpha value is -2.45. The molecule has 1 N–H and O–H groups in total. The van der Waals surface area contributed by atoms with Crippen LogP contribution in [0.4, 0.5) is 0 Å². The van der Waals surface area contributed by atoms with Crippen molar-refractivity contribution in [3.63, 3.8) is 0 Å². The number of carbonyl (C=O) groups is 5. The topological polar surface area (TPSA) is 133 Å². The molecule has 0 saturated heterocycles. The van der Waals surface area contributed by atoms with E-state index < -0.39 is 42.5 Å². The summed E-state index contributed by atoms with van der Waals surface area (Å²) in [5.74, 6) is -3.08. The molecule has 9 heteroatoms. The maximum Gasteiger partial charge on any atom is 0.341 e. The third-order valence-corrected chi connectivity index (χ3v) is 12.2. The van der Waals surface area contributed by atoms with E-state index in [-0.39, 0.29) is 45.9 Å². The number of carboxylic acid groups (broad SMARTS) is 1. The summed E-state index contributed by atoms with van der Waals surface area (Å²) in [6.07, 6.45) is 5.69. The average molecular weight is 563 g/mol. The highest BCUT2D eigenvalue weighted by Crippen LogP contribution is 2.74. The van der Waals surface area contributed by atoms with Crippen LogP contribution < -0.4 is 0 Å². The molecule has 0 aromatic rings. The molecule has 40 heavy (non-hydrogen) atoms. The van der Waals surface area contributed by atoms with Crippen LogP contribution in [0.2, 0.25) is 0 Å². The van der Waals surface area contributed by atoms with Crippen LogP contribution in [0.5, 0.6) is 0 Å². The SMILES string of the molecule is CC(=O)OC[C@@]1(C(=O)OCC(=O)O)CC[C@]2(C)[C@H](CC[C@@H]3[C@@]4(C)CC[C@H](OC(C)=O)C(C)(C)[C@@H]4CC[C@]32C)C1=O. The van der Waals surface area contributed by atoms with Gasteiger partial charge in [-0.05, 0) is 79.4 Å². The predicted octanol–water partition coefficient (Wildman–Crippen LogP) is 4.73. The van der Waals surface area contributed by atoms with Crippen molar-refractivity contribution in [2.24, 2.45) is 44.8 Å². The summed E-state index contributed by atoms with van der Waals surface area (Å²) in [7, 11) is 0. The van der Waals surface area contributed by atoms with Gasteiger partial charge in [0.05, 0.1) is 0 Å². The molecule has 4 aliphatic carbocycles. The Bertz CT molecular complexity index is 1100. The van der Waals surface area contributed by atoms with Crippen molar-refractivity contribution in [2.45, 2.75) is 106 Å². The molecule has 4 fully saturated rings. The number of carboxylic acids is 1. The number of rotatable bonds is 6. The smallest absolute Gasteiger partial charge is 0.341 e. The van der Waals surface area contributed by atoms with Crippen molar-refractivity contribution in [1.29, 1.82) is 0 Å². The van der Waals surface area contributed by atoms with Gasteiger partial charge in [-0.1, -0.05) is 34.6 Å². The quantitative estimate of drug-likeness (QED) is 0.277. The summed E-state index contributed by atoms with van der Waals surface area (Å²) in [6.45, 7) is 12.8. The van der Waals surface area contributed by atoms with Gasteiger partial charge in [0.15, 0.2) is 17.8 Å². The third-order valence-electron chi connectivity index (χ3n) is 12.2. The van der Waals surface area contributed by atoms with E-state index in [4.69, 9.17) is 19.3 Å². The van der Waals surface area contributed by atoms with Crippen LogP contribution in [0.25, 0.3) is 0 Å². The Kier molecular flexibility index (Phi) is 7.72. The van der Waals surface area contributed by atoms with Gasteiger partial charge in [-0.2, -0.15) is 0 Å². The minimum atomic E-state index is -1.69. The van der Waals surface area contributed by atoms with Crippen LogP contribution in [0.1, 0.15) is 99.8 Å². The summed E-state index contributed by atoms with van der Waals surface area (Å²) < 4.78 is 16.1. The fourth-order valence-corrected chi connectivity index (χ4v) is 10.0. The lowest BCUT2D eigenvalue weighted by atomic mass is 9.33. The zero-order chi connectivity index (χ0) is 29.9. The van der Waals surface area contributed by atoms with Gasteiger partial charge in [-0.15, -0.1) is 0 Å². The first-order valence-electron chi connectivity index (χ1n) is 14.7. The van der Waals surface area contributed by atoms with E-state index in [2.05, 4.69) is 34.6 Å². The number of esters is 3. The predicted molar refractivity (Wildman–Crippen MR) is 144 cm³/mol. The number of hydrogen-bond acceptors (Lipinski definition) is 8. The van der Waals surface area contributed by atoms with Gasteiger partial charge in [0.25, 0.3) is 0 Å². The number of ketones is 1. The third kappa shape index (κ3) is 4.46. The summed E-state index contributed by atoms with van der Waals surface area (Å²) >= 11 is 0. The largest absolute Gasteiger partial charge is 0.479 e. The van der Waals surface area contributed by atoms with E-state index in [1.807, 2.05) is 0 Å². The number of fused-ring (bicyclic) bond motifs is 5. The lowest BCUT2D eigenvalue weighted by molar-refractivity contribution is -0.237. The van der Waals surface area contributed by atoms with Gasteiger partial charge >= 0.3 is 23.9 Å². The molecule has 0 amide bonds. The molecular formula is C31H46O9. The second-order valence-electron chi connectivity index (χ2n) is 14.3. The second kappa shape index (κ2) is 10.1. The molecule has 0 aromatic heterocycles. The molecule has 4 aliphatic rings. The molecule has 0 radical (unpaired) electrons. The van der Waals surface area contributed by atoms with E-state index in [9.17, 15) is 24.0 Å². The van der Waals surface area contributed by atoms with Crippen LogP contribution in [0, 0.1) is 44.8 Å². The van der Waals surface area contributed by atoms with E-state index >= 15 is 0 Å². The zero-order valence-electron chi connectivity index (χ0n) is 25.1. The Morgan fingerprint density at radius 1 is 0.800 bits per heavy atom. The molecule has 224 valence electrons. The molecule has 0 bridgehead atoms. The molecule has 0 heterocycles. The molecule has 9 nitrogen and oxygen atoms in total. The molecule has 8 atom stereocenters. The van der Waals surface area contributed by atoms with Crippen molar-refractivity contribution in [1.82, 2.24) is 0 Å². The first-order valence-corrected chi connectivity index (χ1v) is 14.7. The summed E-state index contributed by atoms with van der Waals surface area (Å²) in [6, 6.07) is 0. The van der Waals surface area contributed by atoms with Crippen molar-refractivity contribution in [3.8, 4) is 0 Å². The first-order chi connectivity index (χ1) is 18.5. The van der Waals surface area contributed by atoms with Crippen LogP contribution in [0.15, 0.2) is 0 Å². The lowest BCUT2D eigenvalue weighted by Crippen LogP contribution is -2.68. The fourth-order valence-electron chi connectivity index (χ4n) is 10.0. The molecule has 0 unspecified atom stereocenters. The molecule has 0 aliphatic heterocycles. The van der Waals surface area contributed by atoms with E-state index in [1.165, 1.54) is 13.8 Å². The number of ether oxygens (including phenoxy) is 3. The van der Waals surface area contributed by atoms with Crippen molar-refractivity contribution in [3.05, 3.63) is 0 Å². The van der Waals surface area contributed by atoms with Gasteiger partial charge in [0.1, 0.15) is 12.7 Å². The van der Waals surface area contributed by atoms with Crippen LogP contribution in [-0.2, 0) is 38.2 Å². The maximum atomic E-state index is 14.3. The minimum absolute atomic E-state index is 0.0108. The number of aliphatic carboxylic acids is 1. The molecule has 4 saturated carbocycles. The van der Waals surface area contributed by atoms with E-state index in [0.717, 1.165) is 32.1 Å². The highest BCUT2D eigenvalue weighted by molar-refractivity contribution is 6.06. The summed E-state index contributed by atoms with van der Waals surface area (Å²) in [5, 5.41) is 9.06. The monoisotopic (exact) mass is 562 g/mol. The molecule has 0 aromatic carbocycles. The van der Waals surface area contributed by atoms with Gasteiger partial charge in [0, 0.05) is 25.2 Å². The van der Waals surface area contributed by atoms with Gasteiger partial charge in [-0.25, -0.2) is 4.79 Å². The van der Waals surface area contributed by atoms with Crippen molar-refractivity contribution < 1.29 is 43.3 Å². The summed E-state index contributed by atoms with van der Waals surface area (Å²) in [4.78, 5) is 62.3. The summed E-state index contributed by atoms with van der Waals surface area (Å²) in [5.41, 5.74) is -2.41. The first kappa shape index (κ1) is 30.5. The lowest BCUT2D eigenvalue weighted by Gasteiger charge is -2.71. The normalized spacial score (nSPS) is 41.9. The van der Waals surface area contributed by atoms with Gasteiger partial charge in [-0.3, -0.25) is 19.2 Å². The zero-order valence-corrected chi connectivity index (χ0v) is 25.1. The standard InChI is InChI=1S/C31H46O9/c1-18(32)39-17-31(26(37)38-16-24(34)35)15-14-29(6)20(25(31)36)8-9-22-28(5)12-11-23(40-19(2)33)27(3,4)21(28)10-13-30(22,29)7/h20-23H,8-17H2,1-7H3,(H,34,35)/t20-,21+,22-,23+,28+,29-,30-,31+/m1/s1. The Balaban J connectivity index is 1.66. The van der Waals surface area contributed by atoms with Gasteiger partial charge < -0.3 is 19.3 Å². The maximum absolute atomic E-state index is 14.3. The number of carbonyl (C=O) groups excluding carboxylic acids is 4. The Morgan fingerprint density at radius 2 is 1.48 bits per heavy atom. The Morgan fingerprint density at radius 3 is 2.08 bits per heavy atom. The highest BCUT2D eigenvalue weighted by atomic mass is 16.6. The highest BCUT2D eigenvalue weighted by Gasteiger charge is 2.71. The second-order valence-corrected chi connectivity index (χ2v) is 14.3. The molecule has 0 spiro atoms. The van der Waals surface area contributed by atoms with Crippen LogP contribution in [0.3, 0.4) is 0 Å². The average Bonchev–Trinajstić information content (AvgIpc) is 2.84.